The minimum absolute atomic E-state index is 1.13. The fourth-order valence-electron chi connectivity index (χ4n) is 6.02. The molecule has 0 aliphatic carbocycles. The van der Waals surface area contributed by atoms with Gasteiger partial charge in [-0.25, -0.2) is 0 Å². The second kappa shape index (κ2) is 12.1. The lowest BCUT2D eigenvalue weighted by Gasteiger charge is -2.27. The number of benzene rings is 6. The quantitative estimate of drug-likeness (QED) is 0.180. The van der Waals surface area contributed by atoms with Crippen molar-refractivity contribution in [3.05, 3.63) is 162 Å². The Bertz CT molecular complexity index is 2070. The van der Waals surface area contributed by atoms with Gasteiger partial charge in [-0.3, -0.25) is 0 Å². The van der Waals surface area contributed by atoms with Crippen LogP contribution in [0, 0.1) is 20.8 Å². The van der Waals surface area contributed by atoms with Gasteiger partial charge in [-0.05, 0) is 126 Å². The lowest BCUT2D eigenvalue weighted by atomic mass is 10.0. The Kier molecular flexibility index (Phi) is 7.71. The van der Waals surface area contributed by atoms with E-state index in [2.05, 4.69) is 183 Å². The number of rotatable bonds is 7. The van der Waals surface area contributed by atoms with E-state index in [-0.39, 0.29) is 0 Å². The first-order valence-electron chi connectivity index (χ1n) is 15.4. The number of hydrogen-bond donors (Lipinski definition) is 0. The molecule has 0 N–H and O–H groups in total. The Morgan fingerprint density at radius 2 is 0.933 bits per heavy atom. The summed E-state index contributed by atoms with van der Waals surface area (Å²) in [6, 6.07) is 51.0. The van der Waals surface area contributed by atoms with Gasteiger partial charge in [0.2, 0.25) is 0 Å². The molecule has 0 fully saturated rings. The normalized spacial score (nSPS) is 11.1. The third-order valence-corrected chi connectivity index (χ3v) is 9.54. The number of nitrogens with zero attached hydrogens (tertiary/aromatic N) is 2. The standard InChI is InChI=1S/C42H36N2S/c1-29-5-8-32(9-6-29)34-12-18-38(19-13-34)44(41-23-7-30(2)27-31(41)3)39-20-14-35(15-21-39)33-10-16-37(17-11-33)43(4)40-22-24-42-36(28-40)25-26-45-42/h5-28H,1-4H3. The molecule has 220 valence electrons. The van der Waals surface area contributed by atoms with Crippen LogP contribution in [-0.4, -0.2) is 7.05 Å². The molecule has 0 radical (unpaired) electrons. The van der Waals surface area contributed by atoms with Gasteiger partial charge in [-0.1, -0.05) is 83.9 Å². The summed E-state index contributed by atoms with van der Waals surface area (Å²) in [5, 5.41) is 3.44. The molecule has 0 unspecified atom stereocenters. The first kappa shape index (κ1) is 28.6. The van der Waals surface area contributed by atoms with Crippen molar-refractivity contribution >= 4 is 49.9 Å². The minimum Gasteiger partial charge on any atom is -0.345 e. The van der Waals surface area contributed by atoms with E-state index in [0.717, 1.165) is 11.4 Å². The Hall–Kier alpha value is -5.12. The molecule has 0 bridgehead atoms. The third-order valence-electron chi connectivity index (χ3n) is 8.64. The van der Waals surface area contributed by atoms with Crippen molar-refractivity contribution in [1.82, 2.24) is 0 Å². The van der Waals surface area contributed by atoms with Crippen LogP contribution in [0.4, 0.5) is 28.4 Å². The number of anilines is 5. The van der Waals surface area contributed by atoms with Gasteiger partial charge in [0, 0.05) is 40.2 Å². The maximum atomic E-state index is 2.36. The summed E-state index contributed by atoms with van der Waals surface area (Å²) in [6.45, 7) is 6.47. The van der Waals surface area contributed by atoms with Crippen molar-refractivity contribution in [1.29, 1.82) is 0 Å². The zero-order chi connectivity index (χ0) is 30.9. The Labute approximate surface area is 270 Å². The summed E-state index contributed by atoms with van der Waals surface area (Å²) < 4.78 is 1.32. The molecular weight excluding hydrogens is 565 g/mol. The van der Waals surface area contributed by atoms with Crippen molar-refractivity contribution in [2.24, 2.45) is 0 Å². The highest BCUT2D eigenvalue weighted by atomic mass is 32.1. The van der Waals surface area contributed by atoms with Crippen molar-refractivity contribution < 1.29 is 0 Å². The van der Waals surface area contributed by atoms with Crippen LogP contribution < -0.4 is 9.80 Å². The molecule has 0 aliphatic rings. The third kappa shape index (κ3) is 5.87. The fraction of sp³-hybridized carbons (Fsp3) is 0.0952. The van der Waals surface area contributed by atoms with Gasteiger partial charge in [0.1, 0.15) is 0 Å². The molecule has 0 aliphatic heterocycles. The molecule has 7 rings (SSSR count). The van der Waals surface area contributed by atoms with Crippen LogP contribution in [0.5, 0.6) is 0 Å². The van der Waals surface area contributed by atoms with E-state index in [9.17, 15) is 0 Å². The fourth-order valence-corrected chi connectivity index (χ4v) is 6.80. The van der Waals surface area contributed by atoms with E-state index >= 15 is 0 Å². The summed E-state index contributed by atoms with van der Waals surface area (Å²) in [7, 11) is 2.13. The van der Waals surface area contributed by atoms with Gasteiger partial charge in [0.15, 0.2) is 0 Å². The lowest BCUT2D eigenvalue weighted by molar-refractivity contribution is 1.21. The minimum atomic E-state index is 1.13. The van der Waals surface area contributed by atoms with Crippen LogP contribution in [0.3, 0.4) is 0 Å². The molecule has 6 aromatic carbocycles. The Balaban J connectivity index is 1.17. The highest BCUT2D eigenvalue weighted by molar-refractivity contribution is 7.17. The van der Waals surface area contributed by atoms with Gasteiger partial charge in [0.25, 0.3) is 0 Å². The van der Waals surface area contributed by atoms with Crippen molar-refractivity contribution in [2.45, 2.75) is 20.8 Å². The average molecular weight is 601 g/mol. The number of hydrogen-bond acceptors (Lipinski definition) is 3. The van der Waals surface area contributed by atoms with E-state index in [0.29, 0.717) is 0 Å². The van der Waals surface area contributed by atoms with Gasteiger partial charge in [0.05, 0.1) is 0 Å². The molecule has 0 saturated heterocycles. The number of thiophene rings is 1. The van der Waals surface area contributed by atoms with Gasteiger partial charge >= 0.3 is 0 Å². The first-order chi connectivity index (χ1) is 21.9. The molecule has 1 aromatic heterocycles. The first-order valence-corrected chi connectivity index (χ1v) is 16.3. The molecule has 45 heavy (non-hydrogen) atoms. The highest BCUT2D eigenvalue weighted by Gasteiger charge is 2.16. The zero-order valence-electron chi connectivity index (χ0n) is 26.2. The average Bonchev–Trinajstić information content (AvgIpc) is 3.55. The van der Waals surface area contributed by atoms with Crippen LogP contribution in [-0.2, 0) is 0 Å². The topological polar surface area (TPSA) is 6.48 Å². The van der Waals surface area contributed by atoms with Crippen molar-refractivity contribution in [3.63, 3.8) is 0 Å². The molecule has 0 saturated carbocycles. The molecule has 2 nitrogen and oxygen atoms in total. The summed E-state index contributed by atoms with van der Waals surface area (Å²) in [4.78, 5) is 4.61. The van der Waals surface area contributed by atoms with Crippen molar-refractivity contribution in [2.75, 3.05) is 16.8 Å². The summed E-state index contributed by atoms with van der Waals surface area (Å²) in [5.74, 6) is 0. The molecule has 7 aromatic rings. The smallest absolute Gasteiger partial charge is 0.0490 e. The SMILES string of the molecule is Cc1ccc(-c2ccc(N(c3ccc(-c4ccc(N(C)c5ccc6sccc6c5)cc4)cc3)c3ccc(C)cc3C)cc2)cc1. The van der Waals surface area contributed by atoms with Gasteiger partial charge < -0.3 is 9.80 Å². The molecule has 0 spiro atoms. The number of fused-ring (bicyclic) bond motifs is 1. The van der Waals surface area contributed by atoms with E-state index in [1.54, 1.807) is 11.3 Å². The van der Waals surface area contributed by atoms with E-state index in [1.807, 2.05) is 0 Å². The maximum Gasteiger partial charge on any atom is 0.0490 e. The highest BCUT2D eigenvalue weighted by Crippen LogP contribution is 2.39. The van der Waals surface area contributed by atoms with Gasteiger partial charge in [-0.2, -0.15) is 0 Å². The summed E-state index contributed by atoms with van der Waals surface area (Å²) >= 11 is 1.78. The van der Waals surface area contributed by atoms with Crippen LogP contribution in [0.25, 0.3) is 32.3 Å². The van der Waals surface area contributed by atoms with Crippen LogP contribution in [0.2, 0.25) is 0 Å². The van der Waals surface area contributed by atoms with Crippen LogP contribution >= 0.6 is 11.3 Å². The monoisotopic (exact) mass is 600 g/mol. The second-order valence-electron chi connectivity index (χ2n) is 11.8. The predicted octanol–water partition coefficient (Wildman–Crippen LogP) is 12.4. The summed E-state index contributed by atoms with van der Waals surface area (Å²) in [6.07, 6.45) is 0. The predicted molar refractivity (Wildman–Crippen MR) is 196 cm³/mol. The largest absolute Gasteiger partial charge is 0.345 e. The molecule has 1 heterocycles. The molecule has 0 amide bonds. The van der Waals surface area contributed by atoms with E-state index in [1.165, 1.54) is 66.1 Å². The van der Waals surface area contributed by atoms with Crippen LogP contribution in [0.1, 0.15) is 16.7 Å². The van der Waals surface area contributed by atoms with E-state index in [4.69, 9.17) is 0 Å². The molecular formula is C42H36N2S. The van der Waals surface area contributed by atoms with Gasteiger partial charge in [-0.15, -0.1) is 11.3 Å². The van der Waals surface area contributed by atoms with E-state index < -0.39 is 0 Å². The molecule has 3 heteroatoms. The Morgan fingerprint density at radius 1 is 0.444 bits per heavy atom. The molecule has 0 atom stereocenters. The second-order valence-corrected chi connectivity index (χ2v) is 12.8. The zero-order valence-corrected chi connectivity index (χ0v) is 27.0. The Morgan fingerprint density at radius 3 is 1.49 bits per heavy atom. The number of aryl methyl sites for hydroxylation is 3. The lowest BCUT2D eigenvalue weighted by Crippen LogP contribution is -2.11. The summed E-state index contributed by atoms with van der Waals surface area (Å²) in [5.41, 5.74) is 14.5. The van der Waals surface area contributed by atoms with Crippen LogP contribution in [0.15, 0.2) is 145 Å². The maximum absolute atomic E-state index is 2.36. The van der Waals surface area contributed by atoms with Crippen molar-refractivity contribution in [3.8, 4) is 22.3 Å².